The van der Waals surface area contributed by atoms with E-state index in [-0.39, 0.29) is 26.9 Å². The van der Waals surface area contributed by atoms with Gasteiger partial charge in [-0.3, -0.25) is 9.52 Å². The molecular formula is C22H18Cl2F2N2O6S2. The summed E-state index contributed by atoms with van der Waals surface area (Å²) in [7, 11) is -9.03. The van der Waals surface area contributed by atoms with Crippen LogP contribution in [0, 0.1) is 11.6 Å². The van der Waals surface area contributed by atoms with Crippen LogP contribution < -0.4 is 4.72 Å². The Labute approximate surface area is 215 Å². The summed E-state index contributed by atoms with van der Waals surface area (Å²) < 4.78 is 83.4. The second-order valence-corrected chi connectivity index (χ2v) is 12.3. The molecule has 0 amide bonds. The van der Waals surface area contributed by atoms with Gasteiger partial charge in [0.15, 0.2) is 15.1 Å². The molecule has 2 N–H and O–H groups in total. The minimum absolute atomic E-state index is 0.227. The number of hydrogen-bond donors (Lipinski definition) is 2. The van der Waals surface area contributed by atoms with Gasteiger partial charge in [-0.15, -0.1) is 0 Å². The third-order valence-electron chi connectivity index (χ3n) is 5.13. The van der Waals surface area contributed by atoms with Gasteiger partial charge in [-0.1, -0.05) is 30.1 Å². The molecule has 0 aliphatic heterocycles. The summed E-state index contributed by atoms with van der Waals surface area (Å²) in [6, 6.07) is 8.07. The maximum Gasteiger partial charge on any atom is 0.323 e. The van der Waals surface area contributed by atoms with Crippen LogP contribution in [0.2, 0.25) is 10.0 Å². The molecule has 14 heteroatoms. The number of nitrogens with one attached hydrogen (secondary N) is 1. The van der Waals surface area contributed by atoms with Gasteiger partial charge in [0.1, 0.15) is 22.7 Å². The highest BCUT2D eigenvalue weighted by Crippen LogP contribution is 2.40. The van der Waals surface area contributed by atoms with Crippen molar-refractivity contribution >= 4 is 54.8 Å². The lowest BCUT2D eigenvalue weighted by Gasteiger charge is -2.22. The molecule has 0 bridgehead atoms. The number of halogens is 4. The lowest BCUT2D eigenvalue weighted by molar-refractivity contribution is -0.136. The Morgan fingerprint density at radius 3 is 2.25 bits per heavy atom. The van der Waals surface area contributed by atoms with E-state index in [2.05, 4.69) is 4.98 Å². The first-order chi connectivity index (χ1) is 16.8. The Bertz CT molecular complexity index is 1520. The molecule has 36 heavy (non-hydrogen) atoms. The number of benzene rings is 2. The Morgan fingerprint density at radius 1 is 1.03 bits per heavy atom. The highest BCUT2D eigenvalue weighted by molar-refractivity contribution is 7.94. The summed E-state index contributed by atoms with van der Waals surface area (Å²) in [5.74, 6) is -4.07. The van der Waals surface area contributed by atoms with Crippen LogP contribution in [0.1, 0.15) is 29.7 Å². The molecule has 1 aromatic heterocycles. The van der Waals surface area contributed by atoms with E-state index < -0.39 is 59.3 Å². The second kappa shape index (κ2) is 10.7. The van der Waals surface area contributed by atoms with Crippen molar-refractivity contribution in [1.29, 1.82) is 0 Å². The minimum Gasteiger partial charge on any atom is -0.480 e. The first-order valence-electron chi connectivity index (χ1n) is 10.1. The fourth-order valence-corrected chi connectivity index (χ4v) is 6.92. The Kier molecular flexibility index (Phi) is 8.23. The van der Waals surface area contributed by atoms with Gasteiger partial charge in [-0.25, -0.2) is 30.6 Å². The van der Waals surface area contributed by atoms with E-state index in [1.54, 1.807) is 0 Å². The van der Waals surface area contributed by atoms with Crippen LogP contribution in [0.5, 0.6) is 0 Å². The van der Waals surface area contributed by atoms with Crippen LogP contribution in [0.4, 0.5) is 14.6 Å². The maximum atomic E-state index is 14.9. The molecule has 0 saturated heterocycles. The van der Waals surface area contributed by atoms with Crippen molar-refractivity contribution in [3.63, 3.8) is 0 Å². The topological polar surface area (TPSA) is 130 Å². The SMILES string of the molecule is CCC(C(=O)O)S(=O)(=O)Nc1cc(C(c2cc(F)ccc2F)S(=O)(=O)c2ccc(Cl)cc2)c(Cl)cn1. The molecule has 2 atom stereocenters. The van der Waals surface area contributed by atoms with Crippen LogP contribution in [0.25, 0.3) is 0 Å². The molecule has 1 heterocycles. The van der Waals surface area contributed by atoms with Crippen molar-refractivity contribution < 1.29 is 35.5 Å². The van der Waals surface area contributed by atoms with Gasteiger partial charge >= 0.3 is 5.97 Å². The molecule has 0 saturated carbocycles. The normalized spacial score (nSPS) is 13.7. The van der Waals surface area contributed by atoms with E-state index in [9.17, 15) is 35.5 Å². The third kappa shape index (κ3) is 5.77. The number of pyridine rings is 1. The van der Waals surface area contributed by atoms with Gasteiger partial charge in [0, 0.05) is 16.8 Å². The quantitative estimate of drug-likeness (QED) is 0.371. The summed E-state index contributed by atoms with van der Waals surface area (Å²) in [4.78, 5) is 14.8. The molecule has 3 rings (SSSR count). The van der Waals surface area contributed by atoms with Crippen LogP contribution in [-0.2, 0) is 24.7 Å². The highest BCUT2D eigenvalue weighted by atomic mass is 35.5. The van der Waals surface area contributed by atoms with Crippen molar-refractivity contribution in [1.82, 2.24) is 4.98 Å². The van der Waals surface area contributed by atoms with Crippen molar-refractivity contribution in [2.45, 2.75) is 28.7 Å². The Hall–Kier alpha value is -2.80. The van der Waals surface area contributed by atoms with Crippen LogP contribution in [0.15, 0.2) is 59.6 Å². The number of sulfonamides is 1. The van der Waals surface area contributed by atoms with Crippen molar-refractivity contribution in [3.8, 4) is 0 Å². The molecule has 8 nitrogen and oxygen atoms in total. The van der Waals surface area contributed by atoms with E-state index in [1.165, 1.54) is 31.2 Å². The molecule has 2 unspecified atom stereocenters. The lowest BCUT2D eigenvalue weighted by Crippen LogP contribution is -2.34. The van der Waals surface area contributed by atoms with Gasteiger partial charge in [0.2, 0.25) is 10.0 Å². The monoisotopic (exact) mass is 578 g/mol. The minimum atomic E-state index is -4.53. The first-order valence-corrected chi connectivity index (χ1v) is 14.0. The van der Waals surface area contributed by atoms with Crippen LogP contribution >= 0.6 is 23.2 Å². The van der Waals surface area contributed by atoms with Crippen molar-refractivity contribution in [2.24, 2.45) is 0 Å². The standard InChI is InChI=1S/C22H18Cl2F2N2O6S2/c1-2-19(22(29)30)36(33,34)28-20-10-15(17(24)11-27-20)21(16-9-13(25)5-8-18(16)26)35(31,32)14-6-3-12(23)4-7-14/h3-11,19,21H,2H2,1H3,(H,27,28)(H,29,30). The maximum absolute atomic E-state index is 14.9. The zero-order chi connectivity index (χ0) is 26.8. The zero-order valence-electron chi connectivity index (χ0n) is 18.3. The third-order valence-corrected chi connectivity index (χ3v) is 9.53. The molecule has 0 radical (unpaired) electrons. The van der Waals surface area contributed by atoms with Crippen molar-refractivity contribution in [2.75, 3.05) is 4.72 Å². The summed E-state index contributed by atoms with van der Waals surface area (Å²) in [6.07, 6.45) is 0.644. The number of carboxylic acid groups (broad SMARTS) is 1. The Morgan fingerprint density at radius 2 is 1.67 bits per heavy atom. The molecule has 192 valence electrons. The van der Waals surface area contributed by atoms with Crippen LogP contribution in [-0.4, -0.2) is 38.1 Å². The number of aliphatic carboxylic acids is 1. The average molecular weight is 579 g/mol. The van der Waals surface area contributed by atoms with Gasteiger partial charge in [0.25, 0.3) is 0 Å². The van der Waals surface area contributed by atoms with Gasteiger partial charge < -0.3 is 5.11 Å². The fraction of sp³-hybridized carbons (Fsp3) is 0.182. The fourth-order valence-electron chi connectivity index (χ4n) is 3.43. The summed E-state index contributed by atoms with van der Waals surface area (Å²) >= 11 is 12.1. The Balaban J connectivity index is 2.24. The molecule has 0 aliphatic carbocycles. The first kappa shape index (κ1) is 27.8. The summed E-state index contributed by atoms with van der Waals surface area (Å²) in [6.45, 7) is 1.35. The largest absolute Gasteiger partial charge is 0.480 e. The van der Waals surface area contributed by atoms with Gasteiger partial charge in [-0.2, -0.15) is 0 Å². The number of nitrogens with zero attached hydrogens (tertiary/aromatic N) is 1. The predicted octanol–water partition coefficient (Wildman–Crippen LogP) is 4.83. The number of carbonyl (C=O) groups is 1. The van der Waals surface area contributed by atoms with E-state index >= 15 is 0 Å². The van der Waals surface area contributed by atoms with Crippen molar-refractivity contribution in [3.05, 3.63) is 87.5 Å². The number of aromatic nitrogens is 1. The molecule has 0 fully saturated rings. The highest BCUT2D eigenvalue weighted by Gasteiger charge is 2.36. The second-order valence-electron chi connectivity index (χ2n) is 7.52. The predicted molar refractivity (Wildman–Crippen MR) is 130 cm³/mol. The zero-order valence-corrected chi connectivity index (χ0v) is 21.5. The van der Waals surface area contributed by atoms with E-state index in [1.807, 2.05) is 4.72 Å². The number of hydrogen-bond acceptors (Lipinski definition) is 6. The molecule has 0 spiro atoms. The van der Waals surface area contributed by atoms with E-state index in [0.717, 1.165) is 24.4 Å². The smallest absolute Gasteiger partial charge is 0.323 e. The number of carboxylic acids is 1. The van der Waals surface area contributed by atoms with E-state index in [0.29, 0.717) is 6.07 Å². The number of rotatable bonds is 9. The van der Waals surface area contributed by atoms with E-state index in [4.69, 9.17) is 23.2 Å². The molecule has 3 aromatic rings. The van der Waals surface area contributed by atoms with Gasteiger partial charge in [-0.05, 0) is 60.5 Å². The molecule has 2 aromatic carbocycles. The average Bonchev–Trinajstić information content (AvgIpc) is 2.78. The molecular weight excluding hydrogens is 561 g/mol. The number of sulfone groups is 1. The van der Waals surface area contributed by atoms with Crippen LogP contribution in [0.3, 0.4) is 0 Å². The number of anilines is 1. The summed E-state index contributed by atoms with van der Waals surface area (Å²) in [5.41, 5.74) is -0.920. The molecule has 0 aliphatic rings. The summed E-state index contributed by atoms with van der Waals surface area (Å²) in [5, 5.41) is 5.37. The lowest BCUT2D eigenvalue weighted by atomic mass is 10.0. The van der Waals surface area contributed by atoms with Gasteiger partial charge in [0.05, 0.1) is 9.92 Å².